The van der Waals surface area contributed by atoms with Gasteiger partial charge in [-0.25, -0.2) is 9.78 Å². The lowest BCUT2D eigenvalue weighted by atomic mass is 10.0. The van der Waals surface area contributed by atoms with E-state index in [0.29, 0.717) is 16.0 Å². The van der Waals surface area contributed by atoms with Crippen LogP contribution in [0.2, 0.25) is 0 Å². The van der Waals surface area contributed by atoms with Crippen molar-refractivity contribution in [2.75, 3.05) is 0 Å². The molecule has 3 aromatic heterocycles. The Bertz CT molecular complexity index is 999. The van der Waals surface area contributed by atoms with Crippen LogP contribution in [-0.2, 0) is 4.74 Å². The van der Waals surface area contributed by atoms with Crippen LogP contribution >= 0.6 is 11.3 Å². The highest BCUT2D eigenvalue weighted by molar-refractivity contribution is 7.22. The SMILES string of the molecule is CC(C)[C@H](NC(=O)OC(C)(C)C)c1nc2cc(-c3cnoc3)sc2c(=O)[nH]1. The van der Waals surface area contributed by atoms with Crippen molar-refractivity contribution in [3.05, 3.63) is 34.7 Å². The second-order valence-electron chi connectivity index (χ2n) is 7.56. The van der Waals surface area contributed by atoms with Gasteiger partial charge in [0.25, 0.3) is 5.56 Å². The molecular formula is C18H22N4O4S. The average Bonchev–Trinajstić information content (AvgIpc) is 3.19. The normalized spacial score (nSPS) is 13.1. The third-order valence-electron chi connectivity index (χ3n) is 3.75. The highest BCUT2D eigenvalue weighted by Gasteiger charge is 2.25. The van der Waals surface area contributed by atoms with Crippen molar-refractivity contribution in [3.63, 3.8) is 0 Å². The van der Waals surface area contributed by atoms with Crippen molar-refractivity contribution in [3.8, 4) is 10.4 Å². The summed E-state index contributed by atoms with van der Waals surface area (Å²) in [6.45, 7) is 9.24. The van der Waals surface area contributed by atoms with E-state index in [2.05, 4.69) is 20.4 Å². The zero-order valence-electron chi connectivity index (χ0n) is 15.8. The second kappa shape index (κ2) is 7.15. The van der Waals surface area contributed by atoms with Gasteiger partial charge >= 0.3 is 6.09 Å². The van der Waals surface area contributed by atoms with E-state index in [0.717, 1.165) is 10.4 Å². The van der Waals surface area contributed by atoms with Crippen molar-refractivity contribution >= 4 is 27.6 Å². The number of aromatic amines is 1. The number of nitrogens with zero attached hydrogens (tertiary/aromatic N) is 2. The Balaban J connectivity index is 1.95. The minimum atomic E-state index is -0.614. The Morgan fingerprint density at radius 1 is 1.37 bits per heavy atom. The zero-order valence-corrected chi connectivity index (χ0v) is 16.6. The zero-order chi connectivity index (χ0) is 19.8. The van der Waals surface area contributed by atoms with Gasteiger partial charge in [-0.3, -0.25) is 4.79 Å². The van der Waals surface area contributed by atoms with Gasteiger partial charge in [-0.05, 0) is 32.8 Å². The van der Waals surface area contributed by atoms with Gasteiger partial charge in [0.2, 0.25) is 0 Å². The summed E-state index contributed by atoms with van der Waals surface area (Å²) in [6.07, 6.45) is 2.54. The van der Waals surface area contributed by atoms with Crippen LogP contribution in [0.5, 0.6) is 0 Å². The number of amides is 1. The van der Waals surface area contributed by atoms with Gasteiger partial charge in [-0.2, -0.15) is 0 Å². The number of rotatable bonds is 4. The molecule has 0 aliphatic heterocycles. The predicted octanol–water partition coefficient (Wildman–Crippen LogP) is 3.86. The van der Waals surface area contributed by atoms with E-state index >= 15 is 0 Å². The molecule has 8 nitrogen and oxygen atoms in total. The number of aromatic nitrogens is 3. The molecule has 0 saturated carbocycles. The van der Waals surface area contributed by atoms with Gasteiger partial charge in [-0.15, -0.1) is 11.3 Å². The lowest BCUT2D eigenvalue weighted by Crippen LogP contribution is -2.38. The molecular weight excluding hydrogens is 368 g/mol. The largest absolute Gasteiger partial charge is 0.444 e. The number of fused-ring (bicyclic) bond motifs is 1. The number of carbonyl (C=O) groups is 1. The molecule has 0 unspecified atom stereocenters. The van der Waals surface area contributed by atoms with E-state index in [1.807, 2.05) is 19.9 Å². The molecule has 9 heteroatoms. The number of hydrogen-bond donors (Lipinski definition) is 2. The molecule has 0 bridgehead atoms. The molecule has 0 spiro atoms. The molecule has 0 radical (unpaired) electrons. The fourth-order valence-electron chi connectivity index (χ4n) is 2.56. The van der Waals surface area contributed by atoms with Crippen LogP contribution in [-0.4, -0.2) is 26.8 Å². The lowest BCUT2D eigenvalue weighted by Gasteiger charge is -2.25. The monoisotopic (exact) mass is 390 g/mol. The van der Waals surface area contributed by atoms with Gasteiger partial charge in [0.05, 0.1) is 23.3 Å². The Morgan fingerprint density at radius 2 is 2.11 bits per heavy atom. The molecule has 2 N–H and O–H groups in total. The third kappa shape index (κ3) is 4.36. The summed E-state index contributed by atoms with van der Waals surface area (Å²) in [6, 6.07) is 1.33. The molecule has 1 atom stereocenters. The quantitative estimate of drug-likeness (QED) is 0.700. The Kier molecular flexibility index (Phi) is 5.05. The van der Waals surface area contributed by atoms with E-state index in [4.69, 9.17) is 9.26 Å². The number of ether oxygens (including phenoxy) is 1. The van der Waals surface area contributed by atoms with E-state index in [9.17, 15) is 9.59 Å². The number of carbonyl (C=O) groups excluding carboxylic acids is 1. The standard InChI is InChI=1S/C18H22N4O4S/c1-9(2)13(21-17(24)26-18(3,4)5)15-20-11-6-12(10-7-19-25-8-10)27-14(11)16(23)22-15/h6-9,13H,1-5H3,(H,21,24)(H,20,22,23)/t13-/m0/s1. The average molecular weight is 390 g/mol. The van der Waals surface area contributed by atoms with E-state index in [1.165, 1.54) is 17.6 Å². The minimum Gasteiger partial charge on any atom is -0.444 e. The summed E-state index contributed by atoms with van der Waals surface area (Å²) in [5, 5.41) is 6.49. The highest BCUT2D eigenvalue weighted by atomic mass is 32.1. The van der Waals surface area contributed by atoms with E-state index in [1.54, 1.807) is 27.0 Å². The molecule has 27 heavy (non-hydrogen) atoms. The molecule has 0 saturated heterocycles. The van der Waals surface area contributed by atoms with Gasteiger partial charge in [0.1, 0.15) is 22.4 Å². The Hall–Kier alpha value is -2.68. The Morgan fingerprint density at radius 3 is 2.70 bits per heavy atom. The molecule has 0 fully saturated rings. The van der Waals surface area contributed by atoms with Crippen LogP contribution in [0, 0.1) is 5.92 Å². The second-order valence-corrected chi connectivity index (χ2v) is 8.61. The van der Waals surface area contributed by atoms with Crippen LogP contribution in [0.1, 0.15) is 46.5 Å². The molecule has 144 valence electrons. The van der Waals surface area contributed by atoms with Crippen molar-refractivity contribution in [2.24, 2.45) is 5.92 Å². The number of H-pyrrole nitrogens is 1. The summed E-state index contributed by atoms with van der Waals surface area (Å²) in [5.41, 5.74) is 0.481. The van der Waals surface area contributed by atoms with E-state index < -0.39 is 17.7 Å². The van der Waals surface area contributed by atoms with Gasteiger partial charge < -0.3 is 19.6 Å². The van der Waals surface area contributed by atoms with E-state index in [-0.39, 0.29) is 11.5 Å². The summed E-state index contributed by atoms with van der Waals surface area (Å²) in [7, 11) is 0. The first kappa shape index (κ1) is 19.1. The topological polar surface area (TPSA) is 110 Å². The first-order valence-corrected chi connectivity index (χ1v) is 9.39. The molecule has 0 aliphatic carbocycles. The fraction of sp³-hybridized carbons (Fsp3) is 0.444. The first-order valence-electron chi connectivity index (χ1n) is 8.57. The maximum absolute atomic E-state index is 12.6. The molecule has 0 aliphatic rings. The summed E-state index contributed by atoms with van der Waals surface area (Å²) in [4.78, 5) is 32.9. The summed E-state index contributed by atoms with van der Waals surface area (Å²) >= 11 is 1.31. The maximum Gasteiger partial charge on any atom is 0.408 e. The summed E-state index contributed by atoms with van der Waals surface area (Å²) < 4.78 is 10.7. The van der Waals surface area contributed by atoms with Crippen LogP contribution in [0.3, 0.4) is 0 Å². The molecule has 3 heterocycles. The van der Waals surface area contributed by atoms with Gasteiger partial charge in [0.15, 0.2) is 0 Å². The van der Waals surface area contributed by atoms with Crippen LogP contribution in [0.25, 0.3) is 20.7 Å². The number of thiophene rings is 1. The smallest absolute Gasteiger partial charge is 0.408 e. The third-order valence-corrected chi connectivity index (χ3v) is 4.92. The number of hydrogen-bond acceptors (Lipinski definition) is 7. The maximum atomic E-state index is 12.6. The number of nitrogens with one attached hydrogen (secondary N) is 2. The molecule has 1 amide bonds. The minimum absolute atomic E-state index is 0.00528. The highest BCUT2D eigenvalue weighted by Crippen LogP contribution is 2.31. The molecule has 3 aromatic rings. The van der Waals surface area contributed by atoms with Gasteiger partial charge in [-0.1, -0.05) is 19.0 Å². The fourth-order valence-corrected chi connectivity index (χ4v) is 3.52. The number of alkyl carbamates (subject to hydrolysis) is 1. The van der Waals surface area contributed by atoms with Crippen molar-refractivity contribution in [2.45, 2.75) is 46.3 Å². The van der Waals surface area contributed by atoms with Crippen molar-refractivity contribution < 1.29 is 14.1 Å². The van der Waals surface area contributed by atoms with Crippen LogP contribution < -0.4 is 10.9 Å². The molecule has 0 aromatic carbocycles. The Labute approximate surface area is 159 Å². The summed E-state index contributed by atoms with van der Waals surface area (Å²) in [5.74, 6) is 0.386. The molecule has 3 rings (SSSR count). The van der Waals surface area contributed by atoms with Crippen molar-refractivity contribution in [1.82, 2.24) is 20.4 Å². The van der Waals surface area contributed by atoms with Crippen LogP contribution in [0.4, 0.5) is 4.79 Å². The lowest BCUT2D eigenvalue weighted by molar-refractivity contribution is 0.0486. The van der Waals surface area contributed by atoms with Gasteiger partial charge in [0, 0.05) is 4.88 Å². The predicted molar refractivity (Wildman–Crippen MR) is 103 cm³/mol. The van der Waals surface area contributed by atoms with Crippen molar-refractivity contribution in [1.29, 1.82) is 0 Å². The first-order chi connectivity index (χ1) is 12.6. The van der Waals surface area contributed by atoms with Crippen LogP contribution in [0.15, 0.2) is 27.8 Å².